The Bertz CT molecular complexity index is 347. The van der Waals surface area contributed by atoms with Gasteiger partial charge in [-0.3, -0.25) is 4.79 Å². The molecule has 1 fully saturated rings. The molecule has 0 aromatic carbocycles. The largest absolute Gasteiger partial charge is 0.480 e. The summed E-state index contributed by atoms with van der Waals surface area (Å²) in [5.74, 6) is -0.885. The number of carbonyl (C=O) groups excluding carboxylic acids is 1. The summed E-state index contributed by atoms with van der Waals surface area (Å²) < 4.78 is 0. The Morgan fingerprint density at radius 1 is 1.29 bits per heavy atom. The highest BCUT2D eigenvalue weighted by molar-refractivity contribution is 5.83. The van der Waals surface area contributed by atoms with Gasteiger partial charge in [-0.05, 0) is 38.0 Å². The van der Waals surface area contributed by atoms with Gasteiger partial charge in [-0.1, -0.05) is 12.2 Å². The van der Waals surface area contributed by atoms with Crippen molar-refractivity contribution in [3.05, 3.63) is 12.2 Å². The Hall–Kier alpha value is -1.32. The molecular weight excluding hydrogens is 218 g/mol. The molecule has 1 amide bonds. The number of nitrogens with zero attached hydrogens (tertiary/aromatic N) is 1. The molecule has 0 aromatic heterocycles. The summed E-state index contributed by atoms with van der Waals surface area (Å²) in [5.41, 5.74) is 0. The standard InChI is InChI=1S/C13H19NO3/c1-9(15)14(11-7-8-11)12(13(16)17)10-5-3-2-4-6-10/h2-3,10-12H,4-8H2,1H3,(H,16,17). The van der Waals surface area contributed by atoms with Crippen LogP contribution in [0.25, 0.3) is 0 Å². The number of hydrogen-bond acceptors (Lipinski definition) is 2. The van der Waals surface area contributed by atoms with Crippen LogP contribution in [0.3, 0.4) is 0 Å². The smallest absolute Gasteiger partial charge is 0.326 e. The molecule has 0 aliphatic heterocycles. The SMILES string of the molecule is CC(=O)N(C1CC1)C(C(=O)O)C1CC=CCC1. The van der Waals surface area contributed by atoms with E-state index in [1.54, 1.807) is 4.90 Å². The van der Waals surface area contributed by atoms with Crippen LogP contribution in [0.15, 0.2) is 12.2 Å². The van der Waals surface area contributed by atoms with Crippen LogP contribution in [0.5, 0.6) is 0 Å². The molecule has 0 heterocycles. The highest BCUT2D eigenvalue weighted by Crippen LogP contribution is 2.34. The van der Waals surface area contributed by atoms with Crippen LogP contribution in [0.4, 0.5) is 0 Å². The van der Waals surface area contributed by atoms with E-state index in [-0.39, 0.29) is 17.9 Å². The van der Waals surface area contributed by atoms with Crippen LogP contribution in [0.1, 0.15) is 39.0 Å². The van der Waals surface area contributed by atoms with Crippen LogP contribution >= 0.6 is 0 Å². The summed E-state index contributed by atoms with van der Waals surface area (Å²) in [6, 6.07) is -0.468. The van der Waals surface area contributed by atoms with Gasteiger partial charge in [0.05, 0.1) is 0 Å². The molecule has 94 valence electrons. The van der Waals surface area contributed by atoms with Crippen molar-refractivity contribution in [2.75, 3.05) is 0 Å². The zero-order chi connectivity index (χ0) is 12.4. The monoisotopic (exact) mass is 237 g/mol. The Kier molecular flexibility index (Phi) is 3.50. The summed E-state index contributed by atoms with van der Waals surface area (Å²) in [4.78, 5) is 24.7. The minimum absolute atomic E-state index is 0.0713. The number of hydrogen-bond donors (Lipinski definition) is 1. The van der Waals surface area contributed by atoms with Gasteiger partial charge in [0.25, 0.3) is 0 Å². The minimum Gasteiger partial charge on any atom is -0.480 e. The highest BCUT2D eigenvalue weighted by atomic mass is 16.4. The van der Waals surface area contributed by atoms with Crippen LogP contribution in [-0.4, -0.2) is 34.0 Å². The van der Waals surface area contributed by atoms with E-state index in [1.165, 1.54) is 6.92 Å². The van der Waals surface area contributed by atoms with E-state index in [0.717, 1.165) is 32.1 Å². The molecule has 2 atom stereocenters. The summed E-state index contributed by atoms with van der Waals surface area (Å²) >= 11 is 0. The number of amides is 1. The van der Waals surface area contributed by atoms with Crippen molar-refractivity contribution in [1.82, 2.24) is 4.90 Å². The maximum Gasteiger partial charge on any atom is 0.326 e. The van der Waals surface area contributed by atoms with E-state index >= 15 is 0 Å². The molecule has 4 heteroatoms. The second kappa shape index (κ2) is 4.90. The van der Waals surface area contributed by atoms with Crippen molar-refractivity contribution in [2.24, 2.45) is 5.92 Å². The van der Waals surface area contributed by atoms with Gasteiger partial charge in [0.15, 0.2) is 0 Å². The summed E-state index contributed by atoms with van der Waals surface area (Å²) in [6.07, 6.45) is 8.58. The number of carbonyl (C=O) groups is 2. The van der Waals surface area contributed by atoms with E-state index in [2.05, 4.69) is 6.08 Å². The zero-order valence-electron chi connectivity index (χ0n) is 10.1. The predicted octanol–water partition coefficient (Wildman–Crippen LogP) is 1.81. The molecule has 0 aromatic rings. The van der Waals surface area contributed by atoms with Crippen LogP contribution in [-0.2, 0) is 9.59 Å². The number of rotatable bonds is 4. The van der Waals surface area contributed by atoms with Crippen molar-refractivity contribution in [3.63, 3.8) is 0 Å². The minimum atomic E-state index is -0.854. The maximum absolute atomic E-state index is 11.7. The number of aliphatic carboxylic acids is 1. The third-order valence-electron chi connectivity index (χ3n) is 3.61. The van der Waals surface area contributed by atoms with Gasteiger partial charge < -0.3 is 10.0 Å². The van der Waals surface area contributed by atoms with Gasteiger partial charge in [0, 0.05) is 13.0 Å². The summed E-state index contributed by atoms with van der Waals surface area (Å²) in [5, 5.41) is 9.40. The van der Waals surface area contributed by atoms with Crippen molar-refractivity contribution >= 4 is 11.9 Å². The average molecular weight is 237 g/mol. The number of carboxylic acid groups (broad SMARTS) is 1. The number of allylic oxidation sites excluding steroid dienone is 2. The first-order valence-corrected chi connectivity index (χ1v) is 6.28. The highest BCUT2D eigenvalue weighted by Gasteiger charge is 2.42. The lowest BCUT2D eigenvalue weighted by Crippen LogP contribution is -2.50. The molecule has 0 bridgehead atoms. The average Bonchev–Trinajstić information content (AvgIpc) is 3.09. The lowest BCUT2D eigenvalue weighted by atomic mass is 9.86. The van der Waals surface area contributed by atoms with E-state index in [0.29, 0.717) is 0 Å². The molecule has 0 saturated heterocycles. The maximum atomic E-state index is 11.7. The van der Waals surface area contributed by atoms with Crippen LogP contribution in [0, 0.1) is 5.92 Å². The van der Waals surface area contributed by atoms with Crippen molar-refractivity contribution in [1.29, 1.82) is 0 Å². The Labute approximate surface area is 101 Å². The number of carboxylic acids is 1. The lowest BCUT2D eigenvalue weighted by molar-refractivity contribution is -0.152. The molecule has 0 radical (unpaired) electrons. The molecule has 4 nitrogen and oxygen atoms in total. The third kappa shape index (κ3) is 2.68. The van der Waals surface area contributed by atoms with E-state index in [4.69, 9.17) is 0 Å². The van der Waals surface area contributed by atoms with Crippen molar-refractivity contribution in [3.8, 4) is 0 Å². The van der Waals surface area contributed by atoms with Crippen LogP contribution in [0.2, 0.25) is 0 Å². The second-order valence-corrected chi connectivity index (χ2v) is 4.99. The fraction of sp³-hybridized carbons (Fsp3) is 0.692. The topological polar surface area (TPSA) is 57.6 Å². The quantitative estimate of drug-likeness (QED) is 0.759. The Morgan fingerprint density at radius 2 is 2.00 bits per heavy atom. The predicted molar refractivity (Wildman–Crippen MR) is 63.4 cm³/mol. The van der Waals surface area contributed by atoms with Gasteiger partial charge in [0.2, 0.25) is 5.91 Å². The molecule has 1 N–H and O–H groups in total. The molecule has 2 unspecified atom stereocenters. The van der Waals surface area contributed by atoms with E-state index in [1.807, 2.05) is 6.08 Å². The molecule has 2 rings (SSSR count). The van der Waals surface area contributed by atoms with Crippen LogP contribution < -0.4 is 0 Å². The van der Waals surface area contributed by atoms with Gasteiger partial charge in [-0.2, -0.15) is 0 Å². The fourth-order valence-corrected chi connectivity index (χ4v) is 2.68. The first-order chi connectivity index (χ1) is 8.11. The first-order valence-electron chi connectivity index (χ1n) is 6.28. The molecule has 2 aliphatic carbocycles. The Balaban J connectivity index is 2.17. The van der Waals surface area contributed by atoms with Gasteiger partial charge in [0.1, 0.15) is 6.04 Å². The zero-order valence-corrected chi connectivity index (χ0v) is 10.1. The second-order valence-electron chi connectivity index (χ2n) is 4.99. The van der Waals surface area contributed by atoms with Gasteiger partial charge in [-0.25, -0.2) is 4.79 Å². The summed E-state index contributed by atoms with van der Waals surface area (Å²) in [7, 11) is 0. The molecular formula is C13H19NO3. The fourth-order valence-electron chi connectivity index (χ4n) is 2.68. The molecule has 1 saturated carbocycles. The van der Waals surface area contributed by atoms with Gasteiger partial charge >= 0.3 is 5.97 Å². The van der Waals surface area contributed by atoms with E-state index in [9.17, 15) is 14.7 Å². The van der Waals surface area contributed by atoms with Crippen molar-refractivity contribution in [2.45, 2.75) is 51.1 Å². The molecule has 2 aliphatic rings. The molecule has 0 spiro atoms. The van der Waals surface area contributed by atoms with Gasteiger partial charge in [-0.15, -0.1) is 0 Å². The third-order valence-corrected chi connectivity index (χ3v) is 3.61. The van der Waals surface area contributed by atoms with Crippen molar-refractivity contribution < 1.29 is 14.7 Å². The first kappa shape index (κ1) is 12.1. The molecule has 17 heavy (non-hydrogen) atoms. The summed E-state index contributed by atoms with van der Waals surface area (Å²) in [6.45, 7) is 1.48. The Morgan fingerprint density at radius 3 is 2.41 bits per heavy atom. The lowest BCUT2D eigenvalue weighted by Gasteiger charge is -2.34. The normalized spacial score (nSPS) is 25.4. The van der Waals surface area contributed by atoms with E-state index < -0.39 is 12.0 Å².